The average molecular weight is 198 g/mol. The Morgan fingerprint density at radius 1 is 1.36 bits per heavy atom. The molecule has 1 unspecified atom stereocenters. The summed E-state index contributed by atoms with van der Waals surface area (Å²) in [7, 11) is 0. The third kappa shape index (κ3) is 3.25. The second kappa shape index (κ2) is 4.63. The maximum absolute atomic E-state index is 3.55. The van der Waals surface area contributed by atoms with Crippen LogP contribution in [0.1, 0.15) is 47.5 Å². The molecule has 2 heteroatoms. The molecular formula is C12H26N2. The second-order valence-corrected chi connectivity index (χ2v) is 5.72. The van der Waals surface area contributed by atoms with Gasteiger partial charge in [0.05, 0.1) is 0 Å². The molecule has 1 aliphatic rings. The quantitative estimate of drug-likeness (QED) is 0.748. The predicted molar refractivity (Wildman–Crippen MR) is 62.6 cm³/mol. The lowest BCUT2D eigenvalue weighted by atomic mass is 10.0. The smallest absolute Gasteiger partial charge is 0.0226 e. The van der Waals surface area contributed by atoms with E-state index >= 15 is 0 Å². The Hall–Kier alpha value is -0.0800. The van der Waals surface area contributed by atoms with E-state index in [1.807, 2.05) is 0 Å². The Kier molecular flexibility index (Phi) is 3.96. The largest absolute Gasteiger partial charge is 0.313 e. The Balaban J connectivity index is 2.43. The van der Waals surface area contributed by atoms with Crippen molar-refractivity contribution in [3.63, 3.8) is 0 Å². The number of rotatable bonds is 3. The first-order valence-electron chi connectivity index (χ1n) is 5.91. The first-order chi connectivity index (χ1) is 6.41. The van der Waals surface area contributed by atoms with Gasteiger partial charge in [-0.1, -0.05) is 13.8 Å². The van der Waals surface area contributed by atoms with Gasteiger partial charge in [0, 0.05) is 24.2 Å². The predicted octanol–water partition coefficient (Wildman–Crippen LogP) is 2.25. The molecule has 1 saturated heterocycles. The highest BCUT2D eigenvalue weighted by molar-refractivity contribution is 4.89. The van der Waals surface area contributed by atoms with E-state index in [1.165, 1.54) is 19.4 Å². The topological polar surface area (TPSA) is 15.3 Å². The highest BCUT2D eigenvalue weighted by Gasteiger charge is 2.32. The van der Waals surface area contributed by atoms with Gasteiger partial charge in [-0.15, -0.1) is 0 Å². The van der Waals surface area contributed by atoms with Gasteiger partial charge in [-0.05, 0) is 40.2 Å². The summed E-state index contributed by atoms with van der Waals surface area (Å²) in [6, 6.07) is 1.36. The second-order valence-electron chi connectivity index (χ2n) is 5.72. The summed E-state index contributed by atoms with van der Waals surface area (Å²) < 4.78 is 0. The summed E-state index contributed by atoms with van der Waals surface area (Å²) in [5.74, 6) is 0. The van der Waals surface area contributed by atoms with Crippen LogP contribution in [0, 0.1) is 0 Å². The van der Waals surface area contributed by atoms with Crippen molar-refractivity contribution >= 4 is 0 Å². The maximum atomic E-state index is 3.55. The molecule has 1 heterocycles. The standard InChI is InChI=1S/C12H26N2/c1-10(2)13-9-11-7-6-8-14(11)12(3,4)5/h10-11,13H,6-9H2,1-5H3. The van der Waals surface area contributed by atoms with Crippen molar-refractivity contribution in [3.8, 4) is 0 Å². The summed E-state index contributed by atoms with van der Waals surface area (Å²) in [5.41, 5.74) is 0.333. The Morgan fingerprint density at radius 3 is 2.50 bits per heavy atom. The zero-order valence-electron chi connectivity index (χ0n) is 10.4. The van der Waals surface area contributed by atoms with E-state index in [-0.39, 0.29) is 0 Å². The van der Waals surface area contributed by atoms with Crippen LogP contribution >= 0.6 is 0 Å². The van der Waals surface area contributed by atoms with E-state index in [0.717, 1.165) is 12.6 Å². The maximum Gasteiger partial charge on any atom is 0.0226 e. The lowest BCUT2D eigenvalue weighted by molar-refractivity contribution is 0.119. The van der Waals surface area contributed by atoms with Gasteiger partial charge in [0.25, 0.3) is 0 Å². The molecule has 1 rings (SSSR count). The summed E-state index contributed by atoms with van der Waals surface area (Å²) in [5, 5.41) is 3.55. The first-order valence-corrected chi connectivity index (χ1v) is 5.91. The Labute approximate surface area is 89.1 Å². The molecule has 1 atom stereocenters. The summed E-state index contributed by atoms with van der Waals surface area (Å²) in [6.45, 7) is 13.8. The first kappa shape index (κ1) is 12.0. The summed E-state index contributed by atoms with van der Waals surface area (Å²) in [6.07, 6.45) is 2.72. The molecule has 0 bridgehead atoms. The molecule has 0 amide bonds. The van der Waals surface area contributed by atoms with E-state index in [2.05, 4.69) is 44.8 Å². The molecule has 0 aromatic rings. The molecule has 1 fully saturated rings. The lowest BCUT2D eigenvalue weighted by Crippen LogP contribution is -2.49. The molecule has 84 valence electrons. The van der Waals surface area contributed by atoms with E-state index in [9.17, 15) is 0 Å². The SMILES string of the molecule is CC(C)NCC1CCCN1C(C)(C)C. The van der Waals surface area contributed by atoms with Crippen LogP contribution in [-0.4, -0.2) is 35.6 Å². The fraction of sp³-hybridized carbons (Fsp3) is 1.00. The lowest BCUT2D eigenvalue weighted by Gasteiger charge is -2.37. The van der Waals surface area contributed by atoms with Crippen LogP contribution in [0.15, 0.2) is 0 Å². The van der Waals surface area contributed by atoms with Crippen molar-refractivity contribution in [2.45, 2.75) is 65.1 Å². The van der Waals surface area contributed by atoms with Gasteiger partial charge in [-0.3, -0.25) is 4.90 Å². The van der Waals surface area contributed by atoms with Crippen molar-refractivity contribution in [2.24, 2.45) is 0 Å². The van der Waals surface area contributed by atoms with Crippen LogP contribution in [0.5, 0.6) is 0 Å². The van der Waals surface area contributed by atoms with Crippen LogP contribution in [0.25, 0.3) is 0 Å². The number of hydrogen-bond donors (Lipinski definition) is 1. The number of hydrogen-bond acceptors (Lipinski definition) is 2. The van der Waals surface area contributed by atoms with Crippen molar-refractivity contribution in [1.82, 2.24) is 10.2 Å². The Morgan fingerprint density at radius 2 is 2.00 bits per heavy atom. The molecule has 1 aliphatic heterocycles. The van der Waals surface area contributed by atoms with Crippen molar-refractivity contribution in [3.05, 3.63) is 0 Å². The number of likely N-dealkylation sites (tertiary alicyclic amines) is 1. The molecule has 0 saturated carbocycles. The van der Waals surface area contributed by atoms with Crippen LogP contribution in [0.2, 0.25) is 0 Å². The van der Waals surface area contributed by atoms with Gasteiger partial charge in [0.2, 0.25) is 0 Å². The Bertz CT molecular complexity index is 170. The van der Waals surface area contributed by atoms with E-state index in [0.29, 0.717) is 11.6 Å². The van der Waals surface area contributed by atoms with E-state index < -0.39 is 0 Å². The molecule has 1 N–H and O–H groups in total. The monoisotopic (exact) mass is 198 g/mol. The number of nitrogens with one attached hydrogen (secondary N) is 1. The van der Waals surface area contributed by atoms with Gasteiger partial charge in [-0.2, -0.15) is 0 Å². The average Bonchev–Trinajstić information content (AvgIpc) is 2.46. The highest BCUT2D eigenvalue weighted by Crippen LogP contribution is 2.25. The molecule has 2 nitrogen and oxygen atoms in total. The highest BCUT2D eigenvalue weighted by atomic mass is 15.2. The molecule has 0 radical (unpaired) electrons. The zero-order chi connectivity index (χ0) is 10.8. The molecule has 0 spiro atoms. The fourth-order valence-electron chi connectivity index (χ4n) is 2.30. The van der Waals surface area contributed by atoms with Crippen molar-refractivity contribution < 1.29 is 0 Å². The van der Waals surface area contributed by atoms with Crippen LogP contribution in [0.4, 0.5) is 0 Å². The molecule has 14 heavy (non-hydrogen) atoms. The summed E-state index contributed by atoms with van der Waals surface area (Å²) in [4.78, 5) is 2.64. The van der Waals surface area contributed by atoms with Crippen molar-refractivity contribution in [1.29, 1.82) is 0 Å². The van der Waals surface area contributed by atoms with Gasteiger partial charge in [0.1, 0.15) is 0 Å². The molecule has 0 aromatic carbocycles. The minimum atomic E-state index is 0.333. The minimum absolute atomic E-state index is 0.333. The zero-order valence-corrected chi connectivity index (χ0v) is 10.4. The molecular weight excluding hydrogens is 172 g/mol. The number of nitrogens with zero attached hydrogens (tertiary/aromatic N) is 1. The van der Waals surface area contributed by atoms with Gasteiger partial charge in [0.15, 0.2) is 0 Å². The fourth-order valence-corrected chi connectivity index (χ4v) is 2.30. The third-order valence-electron chi connectivity index (χ3n) is 3.00. The van der Waals surface area contributed by atoms with Crippen LogP contribution < -0.4 is 5.32 Å². The summed E-state index contributed by atoms with van der Waals surface area (Å²) >= 11 is 0. The van der Waals surface area contributed by atoms with Gasteiger partial charge >= 0.3 is 0 Å². The minimum Gasteiger partial charge on any atom is -0.313 e. The van der Waals surface area contributed by atoms with Crippen LogP contribution in [-0.2, 0) is 0 Å². The third-order valence-corrected chi connectivity index (χ3v) is 3.00. The van der Waals surface area contributed by atoms with Crippen LogP contribution in [0.3, 0.4) is 0 Å². The molecule has 0 aromatic heterocycles. The molecule has 0 aliphatic carbocycles. The normalized spacial score (nSPS) is 24.9. The van der Waals surface area contributed by atoms with Gasteiger partial charge in [-0.25, -0.2) is 0 Å². The van der Waals surface area contributed by atoms with E-state index in [4.69, 9.17) is 0 Å². The van der Waals surface area contributed by atoms with Gasteiger partial charge < -0.3 is 5.32 Å². The van der Waals surface area contributed by atoms with E-state index in [1.54, 1.807) is 0 Å². The van der Waals surface area contributed by atoms with Crippen molar-refractivity contribution in [2.75, 3.05) is 13.1 Å².